The molecule has 0 aliphatic heterocycles. The minimum atomic E-state index is -0.864. The highest BCUT2D eigenvalue weighted by molar-refractivity contribution is 5.82. The molecule has 0 amide bonds. The SMILES string of the molecule is O=C(COc1c(F)cccc1[N+](=O)[O-])Cc1ccccc1. The van der Waals surface area contributed by atoms with Crippen LogP contribution in [0.15, 0.2) is 48.5 Å². The van der Waals surface area contributed by atoms with Gasteiger partial charge in [0.25, 0.3) is 0 Å². The van der Waals surface area contributed by atoms with E-state index in [2.05, 4.69) is 0 Å². The second kappa shape index (κ2) is 6.60. The third-order valence-corrected chi connectivity index (χ3v) is 2.76. The molecule has 0 aliphatic rings. The van der Waals surface area contributed by atoms with Gasteiger partial charge in [0.2, 0.25) is 5.75 Å². The third kappa shape index (κ3) is 3.85. The summed E-state index contributed by atoms with van der Waals surface area (Å²) in [5.74, 6) is -1.67. The van der Waals surface area contributed by atoms with Gasteiger partial charge in [-0.2, -0.15) is 0 Å². The minimum absolute atomic E-state index is 0.128. The smallest absolute Gasteiger partial charge is 0.314 e. The van der Waals surface area contributed by atoms with Gasteiger partial charge in [0.1, 0.15) is 6.61 Å². The molecule has 2 rings (SSSR count). The van der Waals surface area contributed by atoms with E-state index in [0.717, 1.165) is 17.7 Å². The van der Waals surface area contributed by atoms with Crippen molar-refractivity contribution < 1.29 is 18.8 Å². The van der Waals surface area contributed by atoms with E-state index in [1.807, 2.05) is 6.07 Å². The molecule has 2 aromatic carbocycles. The molecular weight excluding hydrogens is 277 g/mol. The summed E-state index contributed by atoms with van der Waals surface area (Å²) >= 11 is 0. The number of halogens is 1. The zero-order valence-electron chi connectivity index (χ0n) is 11.0. The Morgan fingerprint density at radius 2 is 1.86 bits per heavy atom. The van der Waals surface area contributed by atoms with Crippen LogP contribution in [-0.4, -0.2) is 17.3 Å². The Kier molecular flexibility index (Phi) is 4.61. The topological polar surface area (TPSA) is 69.4 Å². The number of hydrogen-bond donors (Lipinski definition) is 0. The lowest BCUT2D eigenvalue weighted by Crippen LogP contribution is -2.15. The lowest BCUT2D eigenvalue weighted by Gasteiger charge is -2.07. The maximum atomic E-state index is 13.5. The first-order valence-electron chi connectivity index (χ1n) is 6.19. The monoisotopic (exact) mass is 289 g/mol. The first kappa shape index (κ1) is 14.6. The number of ketones is 1. The van der Waals surface area contributed by atoms with Gasteiger partial charge in [0.15, 0.2) is 11.6 Å². The maximum Gasteiger partial charge on any atom is 0.314 e. The van der Waals surface area contributed by atoms with Crippen LogP contribution >= 0.6 is 0 Å². The molecule has 0 saturated heterocycles. The molecule has 0 unspecified atom stereocenters. The number of rotatable bonds is 6. The molecule has 2 aromatic rings. The summed E-state index contributed by atoms with van der Waals surface area (Å²) in [6, 6.07) is 12.4. The molecule has 0 heterocycles. The molecule has 6 heteroatoms. The molecule has 0 atom stereocenters. The number of Topliss-reactive ketones (excluding diaryl/α,β-unsaturated/α-hetero) is 1. The van der Waals surface area contributed by atoms with Crippen LogP contribution in [-0.2, 0) is 11.2 Å². The van der Waals surface area contributed by atoms with E-state index in [9.17, 15) is 19.3 Å². The summed E-state index contributed by atoms with van der Waals surface area (Å²) in [7, 11) is 0. The predicted octanol–water partition coefficient (Wildman–Crippen LogP) is 2.92. The summed E-state index contributed by atoms with van der Waals surface area (Å²) in [4.78, 5) is 21.8. The lowest BCUT2D eigenvalue weighted by molar-refractivity contribution is -0.386. The molecule has 108 valence electrons. The van der Waals surface area contributed by atoms with Crippen molar-refractivity contribution in [3.8, 4) is 5.75 Å². The summed E-state index contributed by atoms with van der Waals surface area (Å²) in [5.41, 5.74) is 0.302. The average molecular weight is 289 g/mol. The largest absolute Gasteiger partial charge is 0.477 e. The normalized spacial score (nSPS) is 10.1. The van der Waals surface area contributed by atoms with Crippen molar-refractivity contribution in [3.05, 3.63) is 70.0 Å². The number of nitro benzene ring substituents is 1. The Morgan fingerprint density at radius 1 is 1.14 bits per heavy atom. The third-order valence-electron chi connectivity index (χ3n) is 2.76. The zero-order chi connectivity index (χ0) is 15.2. The number of benzene rings is 2. The summed E-state index contributed by atoms with van der Waals surface area (Å²) in [6.45, 7) is -0.420. The van der Waals surface area contributed by atoms with Gasteiger partial charge in [0.05, 0.1) is 4.92 Å². The highest BCUT2D eigenvalue weighted by atomic mass is 19.1. The summed E-state index contributed by atoms with van der Waals surface area (Å²) < 4.78 is 18.5. The fraction of sp³-hybridized carbons (Fsp3) is 0.133. The van der Waals surface area contributed by atoms with E-state index in [0.29, 0.717) is 0 Å². The van der Waals surface area contributed by atoms with Crippen molar-refractivity contribution in [1.29, 1.82) is 0 Å². The van der Waals surface area contributed by atoms with E-state index >= 15 is 0 Å². The van der Waals surface area contributed by atoms with Crippen molar-refractivity contribution in [2.45, 2.75) is 6.42 Å². The highest BCUT2D eigenvalue weighted by Gasteiger charge is 2.20. The molecule has 0 bridgehead atoms. The van der Waals surface area contributed by atoms with Gasteiger partial charge in [-0.25, -0.2) is 4.39 Å². The van der Waals surface area contributed by atoms with Crippen molar-refractivity contribution in [2.75, 3.05) is 6.61 Å². The van der Waals surface area contributed by atoms with Gasteiger partial charge in [-0.05, 0) is 11.6 Å². The fourth-order valence-electron chi connectivity index (χ4n) is 1.81. The van der Waals surface area contributed by atoms with Gasteiger partial charge in [-0.15, -0.1) is 0 Å². The molecule has 0 aliphatic carbocycles. The van der Waals surface area contributed by atoms with E-state index in [1.54, 1.807) is 24.3 Å². The average Bonchev–Trinajstić information content (AvgIpc) is 2.46. The van der Waals surface area contributed by atoms with Crippen LogP contribution in [0.5, 0.6) is 5.75 Å². The van der Waals surface area contributed by atoms with Gasteiger partial charge in [-0.1, -0.05) is 36.4 Å². The molecule has 0 N–H and O–H groups in total. The number of nitro groups is 1. The summed E-state index contributed by atoms with van der Waals surface area (Å²) in [5, 5.41) is 10.8. The first-order valence-corrected chi connectivity index (χ1v) is 6.19. The standard InChI is InChI=1S/C15H12FNO4/c16-13-7-4-8-14(17(19)20)15(13)21-10-12(18)9-11-5-2-1-3-6-11/h1-8H,9-10H2. The summed E-state index contributed by atoms with van der Waals surface area (Å²) in [6.07, 6.45) is 0.128. The van der Waals surface area contributed by atoms with E-state index in [-0.39, 0.29) is 12.2 Å². The molecule has 0 radical (unpaired) electrons. The van der Waals surface area contributed by atoms with Crippen LogP contribution in [0.25, 0.3) is 0 Å². The van der Waals surface area contributed by atoms with Crippen LogP contribution < -0.4 is 4.74 Å². The molecule has 0 spiro atoms. The molecule has 5 nitrogen and oxygen atoms in total. The van der Waals surface area contributed by atoms with Crippen molar-refractivity contribution in [3.63, 3.8) is 0 Å². The lowest BCUT2D eigenvalue weighted by atomic mass is 10.1. The molecule has 0 aromatic heterocycles. The first-order chi connectivity index (χ1) is 10.1. The Labute approximate surface area is 120 Å². The Bertz CT molecular complexity index is 658. The number of nitrogens with zero attached hydrogens (tertiary/aromatic N) is 1. The molecule has 0 fully saturated rings. The van der Waals surface area contributed by atoms with Gasteiger partial charge in [-0.3, -0.25) is 14.9 Å². The van der Waals surface area contributed by atoms with Gasteiger partial charge < -0.3 is 4.74 Å². The van der Waals surface area contributed by atoms with Gasteiger partial charge in [0, 0.05) is 12.5 Å². The number of carbonyl (C=O) groups is 1. The second-order valence-electron chi connectivity index (χ2n) is 4.33. The van der Waals surface area contributed by atoms with Crippen LogP contribution in [0.3, 0.4) is 0 Å². The van der Waals surface area contributed by atoms with Crippen LogP contribution in [0.4, 0.5) is 10.1 Å². The molecular formula is C15H12FNO4. The highest BCUT2D eigenvalue weighted by Crippen LogP contribution is 2.29. The Hall–Kier alpha value is -2.76. The van der Waals surface area contributed by atoms with Gasteiger partial charge >= 0.3 is 5.69 Å². The Morgan fingerprint density at radius 3 is 2.52 bits per heavy atom. The molecule has 21 heavy (non-hydrogen) atoms. The van der Waals surface area contributed by atoms with Crippen LogP contribution in [0.2, 0.25) is 0 Å². The van der Waals surface area contributed by atoms with Crippen molar-refractivity contribution in [2.24, 2.45) is 0 Å². The number of ether oxygens (including phenoxy) is 1. The quantitative estimate of drug-likeness (QED) is 0.605. The second-order valence-corrected chi connectivity index (χ2v) is 4.33. The maximum absolute atomic E-state index is 13.5. The minimum Gasteiger partial charge on any atom is -0.477 e. The van der Waals surface area contributed by atoms with Crippen LogP contribution in [0, 0.1) is 15.9 Å². The van der Waals surface area contributed by atoms with E-state index < -0.39 is 28.8 Å². The number of para-hydroxylation sites is 1. The number of carbonyl (C=O) groups excluding carboxylic acids is 1. The van der Waals surface area contributed by atoms with E-state index in [4.69, 9.17) is 4.74 Å². The van der Waals surface area contributed by atoms with Crippen molar-refractivity contribution >= 4 is 11.5 Å². The fourth-order valence-corrected chi connectivity index (χ4v) is 1.81. The zero-order valence-corrected chi connectivity index (χ0v) is 11.0. The molecule has 0 saturated carbocycles. The van der Waals surface area contributed by atoms with E-state index in [1.165, 1.54) is 6.07 Å². The number of hydrogen-bond acceptors (Lipinski definition) is 4. The van der Waals surface area contributed by atoms with Crippen LogP contribution in [0.1, 0.15) is 5.56 Å². The van der Waals surface area contributed by atoms with Crippen molar-refractivity contribution in [1.82, 2.24) is 0 Å². The Balaban J connectivity index is 2.03. The predicted molar refractivity (Wildman–Crippen MR) is 73.7 cm³/mol.